The van der Waals surface area contributed by atoms with E-state index in [4.69, 9.17) is 5.73 Å². The highest BCUT2D eigenvalue weighted by molar-refractivity contribution is 5.72. The fourth-order valence-corrected chi connectivity index (χ4v) is 2.46. The summed E-state index contributed by atoms with van der Waals surface area (Å²) >= 11 is 0. The number of hydrogen-bond acceptors (Lipinski definition) is 3. The maximum atomic E-state index is 13.6. The monoisotopic (exact) mass is 317 g/mol. The molecular formula is C20H16FN3. The number of nitrogens with two attached hydrogens (primary N) is 1. The van der Waals surface area contributed by atoms with Gasteiger partial charge in [0.2, 0.25) is 0 Å². The van der Waals surface area contributed by atoms with Gasteiger partial charge < -0.3 is 5.73 Å². The molecule has 0 spiro atoms. The third kappa shape index (κ3) is 3.26. The van der Waals surface area contributed by atoms with Crippen molar-refractivity contribution < 1.29 is 4.39 Å². The lowest BCUT2D eigenvalue weighted by Gasteiger charge is -2.07. The normalized spacial score (nSPS) is 10.1. The summed E-state index contributed by atoms with van der Waals surface area (Å²) in [6.45, 7) is 3.75. The van der Waals surface area contributed by atoms with E-state index >= 15 is 0 Å². The average molecular weight is 317 g/mol. The summed E-state index contributed by atoms with van der Waals surface area (Å²) in [5, 5.41) is 0. The summed E-state index contributed by atoms with van der Waals surface area (Å²) in [4.78, 5) is 8.52. The van der Waals surface area contributed by atoms with E-state index in [1.807, 2.05) is 32.0 Å². The molecule has 0 aliphatic heterocycles. The molecule has 3 aromatic rings. The van der Waals surface area contributed by atoms with Gasteiger partial charge in [-0.3, -0.25) is 4.98 Å². The second-order valence-electron chi connectivity index (χ2n) is 5.45. The van der Waals surface area contributed by atoms with E-state index in [-0.39, 0.29) is 5.82 Å². The molecule has 2 N–H and O–H groups in total. The molecule has 0 atom stereocenters. The number of hydrogen-bond donors (Lipinski definition) is 1. The van der Waals surface area contributed by atoms with Gasteiger partial charge in [-0.2, -0.15) is 0 Å². The number of benzene rings is 1. The SMILES string of the molecule is Cc1nc(N)ccc1C#Cc1c(-c2cccc(F)c2)ccnc1C. The lowest BCUT2D eigenvalue weighted by atomic mass is 9.99. The van der Waals surface area contributed by atoms with Crippen molar-refractivity contribution >= 4 is 5.82 Å². The molecule has 1 aromatic carbocycles. The first-order valence-electron chi connectivity index (χ1n) is 7.51. The van der Waals surface area contributed by atoms with Crippen LogP contribution in [0.25, 0.3) is 11.1 Å². The number of aromatic nitrogens is 2. The predicted octanol–water partition coefficient (Wildman–Crippen LogP) is 3.88. The molecule has 24 heavy (non-hydrogen) atoms. The van der Waals surface area contributed by atoms with Crippen LogP contribution in [0.3, 0.4) is 0 Å². The van der Waals surface area contributed by atoms with Gasteiger partial charge in [0, 0.05) is 17.3 Å². The van der Waals surface area contributed by atoms with E-state index in [9.17, 15) is 4.39 Å². The zero-order valence-electron chi connectivity index (χ0n) is 13.5. The van der Waals surface area contributed by atoms with Crippen LogP contribution >= 0.6 is 0 Å². The zero-order chi connectivity index (χ0) is 17.1. The van der Waals surface area contributed by atoms with Gasteiger partial charge >= 0.3 is 0 Å². The molecule has 3 nitrogen and oxygen atoms in total. The smallest absolute Gasteiger partial charge is 0.123 e. The molecule has 0 fully saturated rings. The van der Waals surface area contributed by atoms with Gasteiger partial charge in [0.15, 0.2) is 0 Å². The second kappa shape index (κ2) is 6.51. The summed E-state index contributed by atoms with van der Waals surface area (Å²) in [6.07, 6.45) is 1.71. The molecule has 0 saturated heterocycles. The number of nitrogen functional groups attached to an aromatic ring is 1. The van der Waals surface area contributed by atoms with Crippen molar-refractivity contribution in [3.63, 3.8) is 0 Å². The van der Waals surface area contributed by atoms with Gasteiger partial charge in [0.25, 0.3) is 0 Å². The lowest BCUT2D eigenvalue weighted by molar-refractivity contribution is 0.628. The van der Waals surface area contributed by atoms with Crippen LogP contribution in [-0.4, -0.2) is 9.97 Å². The van der Waals surface area contributed by atoms with Crippen LogP contribution in [0.2, 0.25) is 0 Å². The molecule has 0 aliphatic carbocycles. The largest absolute Gasteiger partial charge is 0.384 e. The molecule has 0 saturated carbocycles. The predicted molar refractivity (Wildman–Crippen MR) is 93.7 cm³/mol. The summed E-state index contributed by atoms with van der Waals surface area (Å²) in [5.41, 5.74) is 10.5. The van der Waals surface area contributed by atoms with Crippen LogP contribution in [0, 0.1) is 31.5 Å². The first kappa shape index (κ1) is 15.7. The Bertz CT molecular complexity index is 968. The molecule has 3 rings (SSSR count). The molecule has 0 aliphatic rings. The van der Waals surface area contributed by atoms with Crippen LogP contribution in [-0.2, 0) is 0 Å². The van der Waals surface area contributed by atoms with Gasteiger partial charge in [-0.25, -0.2) is 9.37 Å². The molecule has 2 aromatic heterocycles. The molecule has 0 radical (unpaired) electrons. The fourth-order valence-electron chi connectivity index (χ4n) is 2.46. The number of anilines is 1. The quantitative estimate of drug-likeness (QED) is 0.693. The second-order valence-corrected chi connectivity index (χ2v) is 5.45. The zero-order valence-corrected chi connectivity index (χ0v) is 13.5. The van der Waals surface area contributed by atoms with Crippen molar-refractivity contribution in [1.82, 2.24) is 9.97 Å². The fraction of sp³-hybridized carbons (Fsp3) is 0.100. The molecule has 0 unspecified atom stereocenters. The highest BCUT2D eigenvalue weighted by Gasteiger charge is 2.08. The summed E-state index contributed by atoms with van der Waals surface area (Å²) in [6, 6.07) is 11.9. The number of nitrogens with zero attached hydrogens (tertiary/aromatic N) is 2. The van der Waals surface area contributed by atoms with E-state index in [1.165, 1.54) is 12.1 Å². The van der Waals surface area contributed by atoms with Gasteiger partial charge in [-0.05, 0) is 49.7 Å². The third-order valence-electron chi connectivity index (χ3n) is 3.71. The topological polar surface area (TPSA) is 51.8 Å². The highest BCUT2D eigenvalue weighted by atomic mass is 19.1. The first-order chi connectivity index (χ1) is 11.5. The van der Waals surface area contributed by atoms with Crippen LogP contribution in [0.5, 0.6) is 0 Å². The van der Waals surface area contributed by atoms with Gasteiger partial charge in [-0.1, -0.05) is 24.0 Å². The van der Waals surface area contributed by atoms with Crippen LogP contribution in [0.4, 0.5) is 10.2 Å². The molecule has 4 heteroatoms. The minimum atomic E-state index is -0.278. The van der Waals surface area contributed by atoms with E-state index in [1.54, 1.807) is 18.3 Å². The number of aryl methyl sites for hydroxylation is 2. The maximum Gasteiger partial charge on any atom is 0.123 e. The standard InChI is InChI=1S/C20H16FN3/c1-13-15(7-9-20(22)24-13)6-8-18-14(2)23-11-10-19(18)16-4-3-5-17(21)12-16/h3-5,7,9-12H,1-2H3,(H2,22,24). The third-order valence-corrected chi connectivity index (χ3v) is 3.71. The molecule has 2 heterocycles. The lowest BCUT2D eigenvalue weighted by Crippen LogP contribution is -1.95. The van der Waals surface area contributed by atoms with Crippen molar-refractivity contribution in [2.75, 3.05) is 5.73 Å². The molecule has 0 bridgehead atoms. The minimum Gasteiger partial charge on any atom is -0.384 e. The number of halogens is 1. The molecule has 118 valence electrons. The van der Waals surface area contributed by atoms with Crippen molar-refractivity contribution in [1.29, 1.82) is 0 Å². The maximum absolute atomic E-state index is 13.6. The Morgan fingerprint density at radius 2 is 1.83 bits per heavy atom. The Morgan fingerprint density at radius 1 is 1.00 bits per heavy atom. The van der Waals surface area contributed by atoms with Crippen LogP contribution in [0.15, 0.2) is 48.7 Å². The summed E-state index contributed by atoms with van der Waals surface area (Å²) in [7, 11) is 0. The summed E-state index contributed by atoms with van der Waals surface area (Å²) < 4.78 is 13.6. The van der Waals surface area contributed by atoms with Crippen molar-refractivity contribution in [3.8, 4) is 23.0 Å². The van der Waals surface area contributed by atoms with E-state index in [0.29, 0.717) is 5.82 Å². The number of rotatable bonds is 1. The van der Waals surface area contributed by atoms with Gasteiger partial charge in [0.1, 0.15) is 11.6 Å². The Hall–Kier alpha value is -3.19. The van der Waals surface area contributed by atoms with Crippen LogP contribution < -0.4 is 5.73 Å². The summed E-state index contributed by atoms with van der Waals surface area (Å²) in [5.74, 6) is 6.47. The average Bonchev–Trinajstić information content (AvgIpc) is 2.55. The van der Waals surface area contributed by atoms with E-state index in [0.717, 1.165) is 33.6 Å². The minimum absolute atomic E-state index is 0.278. The van der Waals surface area contributed by atoms with Crippen molar-refractivity contribution in [3.05, 3.63) is 77.0 Å². The Labute approximate surface area is 140 Å². The Kier molecular flexibility index (Phi) is 4.26. The van der Waals surface area contributed by atoms with E-state index < -0.39 is 0 Å². The first-order valence-corrected chi connectivity index (χ1v) is 7.51. The van der Waals surface area contributed by atoms with Crippen molar-refractivity contribution in [2.45, 2.75) is 13.8 Å². The number of pyridine rings is 2. The van der Waals surface area contributed by atoms with Crippen LogP contribution in [0.1, 0.15) is 22.5 Å². The van der Waals surface area contributed by atoms with Gasteiger partial charge in [-0.15, -0.1) is 0 Å². The molecule has 0 amide bonds. The molecular weight excluding hydrogens is 301 g/mol. The highest BCUT2D eigenvalue weighted by Crippen LogP contribution is 2.25. The van der Waals surface area contributed by atoms with Crippen molar-refractivity contribution in [2.24, 2.45) is 0 Å². The Morgan fingerprint density at radius 3 is 2.58 bits per heavy atom. The van der Waals surface area contributed by atoms with Gasteiger partial charge in [0.05, 0.1) is 17.0 Å². The van der Waals surface area contributed by atoms with E-state index in [2.05, 4.69) is 21.8 Å². The Balaban J connectivity index is 2.11.